The number of carbonyl (C=O) groups is 2. The van der Waals surface area contributed by atoms with Crippen LogP contribution in [0.4, 0.5) is 0 Å². The van der Waals surface area contributed by atoms with Crippen LogP contribution in [-0.4, -0.2) is 25.0 Å². The highest BCUT2D eigenvalue weighted by Gasteiger charge is 2.33. The summed E-state index contributed by atoms with van der Waals surface area (Å²) < 4.78 is 11.2. The van der Waals surface area contributed by atoms with E-state index in [2.05, 4.69) is 15.9 Å². The quantitative estimate of drug-likeness (QED) is 0.622. The Morgan fingerprint density at radius 2 is 2.33 bits per heavy atom. The molecule has 1 aliphatic rings. The second kappa shape index (κ2) is 5.52. The molecule has 2 rings (SSSR count). The molecule has 0 fully saturated rings. The highest BCUT2D eigenvalue weighted by molar-refractivity contribution is 9.10. The summed E-state index contributed by atoms with van der Waals surface area (Å²) in [6.45, 7) is 2.33. The lowest BCUT2D eigenvalue weighted by Gasteiger charge is -2.11. The molecular formula is C13H13BrO4. The Balaban J connectivity index is 2.34. The molecule has 1 aromatic rings. The maximum atomic E-state index is 12.3. The minimum atomic E-state index is -0.763. The van der Waals surface area contributed by atoms with Gasteiger partial charge in [-0.3, -0.25) is 9.59 Å². The van der Waals surface area contributed by atoms with E-state index in [0.29, 0.717) is 24.3 Å². The molecule has 0 aromatic heterocycles. The fraction of sp³-hybridized carbons (Fsp3) is 0.385. The Labute approximate surface area is 113 Å². The zero-order valence-electron chi connectivity index (χ0n) is 9.94. The fourth-order valence-electron chi connectivity index (χ4n) is 1.89. The van der Waals surface area contributed by atoms with Crippen LogP contribution in [0.3, 0.4) is 0 Å². The smallest absolute Gasteiger partial charge is 0.316 e. The van der Waals surface area contributed by atoms with Crippen molar-refractivity contribution in [2.24, 2.45) is 5.92 Å². The van der Waals surface area contributed by atoms with E-state index in [0.717, 1.165) is 4.47 Å². The number of hydrogen-bond acceptors (Lipinski definition) is 4. The molecule has 4 nitrogen and oxygen atoms in total. The lowest BCUT2D eigenvalue weighted by Crippen LogP contribution is -2.26. The van der Waals surface area contributed by atoms with E-state index >= 15 is 0 Å². The van der Waals surface area contributed by atoms with Gasteiger partial charge >= 0.3 is 5.97 Å². The van der Waals surface area contributed by atoms with Crippen molar-refractivity contribution in [3.63, 3.8) is 0 Å². The van der Waals surface area contributed by atoms with Gasteiger partial charge in [0.05, 0.1) is 18.8 Å². The highest BCUT2D eigenvalue weighted by Crippen LogP contribution is 2.30. The minimum absolute atomic E-state index is 0.234. The number of halogens is 1. The molecule has 1 unspecified atom stereocenters. The number of Topliss-reactive ketones (excluding diaryl/α,β-unsaturated/α-hetero) is 1. The van der Waals surface area contributed by atoms with Crippen LogP contribution < -0.4 is 4.74 Å². The molecule has 96 valence electrons. The van der Waals surface area contributed by atoms with Crippen molar-refractivity contribution in [1.82, 2.24) is 0 Å². The first-order chi connectivity index (χ1) is 8.63. The molecule has 1 aromatic carbocycles. The van der Waals surface area contributed by atoms with Crippen molar-refractivity contribution >= 4 is 27.7 Å². The molecular weight excluding hydrogens is 300 g/mol. The van der Waals surface area contributed by atoms with Gasteiger partial charge in [0, 0.05) is 10.9 Å². The lowest BCUT2D eigenvalue weighted by molar-refractivity contribution is -0.146. The number of carbonyl (C=O) groups excluding carboxylic acids is 2. The standard InChI is InChI=1S/C13H13BrO4/c1-2-17-13(16)9-5-6-18-11-4-3-8(14)7-10(11)12(9)15/h3-4,7,9H,2,5-6H2,1H3. The van der Waals surface area contributed by atoms with Crippen LogP contribution in [0.2, 0.25) is 0 Å². The highest BCUT2D eigenvalue weighted by atomic mass is 79.9. The predicted octanol–water partition coefficient (Wildman–Crippen LogP) is 2.59. The number of fused-ring (bicyclic) bond motifs is 1. The van der Waals surface area contributed by atoms with Crippen LogP contribution in [0.5, 0.6) is 5.75 Å². The molecule has 1 atom stereocenters. The summed E-state index contributed by atoms with van der Waals surface area (Å²) in [6.07, 6.45) is 0.351. The molecule has 1 heterocycles. The van der Waals surface area contributed by atoms with Gasteiger partial charge in [0.2, 0.25) is 0 Å². The summed E-state index contributed by atoms with van der Waals surface area (Å²) in [7, 11) is 0. The summed E-state index contributed by atoms with van der Waals surface area (Å²) in [5.74, 6) is -0.948. The molecule has 5 heteroatoms. The number of esters is 1. The van der Waals surface area contributed by atoms with Gasteiger partial charge < -0.3 is 9.47 Å². The summed E-state index contributed by atoms with van der Waals surface area (Å²) in [4.78, 5) is 24.0. The van der Waals surface area contributed by atoms with Gasteiger partial charge in [0.1, 0.15) is 11.7 Å². The van der Waals surface area contributed by atoms with Crippen molar-refractivity contribution in [3.05, 3.63) is 28.2 Å². The first-order valence-corrected chi connectivity index (χ1v) is 6.56. The van der Waals surface area contributed by atoms with Gasteiger partial charge in [-0.25, -0.2) is 0 Å². The van der Waals surface area contributed by atoms with Crippen LogP contribution in [-0.2, 0) is 9.53 Å². The predicted molar refractivity (Wildman–Crippen MR) is 68.7 cm³/mol. The van der Waals surface area contributed by atoms with Crippen LogP contribution in [0, 0.1) is 5.92 Å². The average molecular weight is 313 g/mol. The van der Waals surface area contributed by atoms with Gasteiger partial charge in [0.15, 0.2) is 5.78 Å². The molecule has 0 amide bonds. The third-order valence-corrected chi connectivity index (χ3v) is 3.25. The van der Waals surface area contributed by atoms with Gasteiger partial charge in [-0.2, -0.15) is 0 Å². The van der Waals surface area contributed by atoms with Crippen molar-refractivity contribution in [3.8, 4) is 5.75 Å². The number of rotatable bonds is 2. The van der Waals surface area contributed by atoms with Crippen LogP contribution in [0.25, 0.3) is 0 Å². The Bertz CT molecular complexity index is 484. The number of hydrogen-bond donors (Lipinski definition) is 0. The van der Waals surface area contributed by atoms with Crippen molar-refractivity contribution in [1.29, 1.82) is 0 Å². The first kappa shape index (κ1) is 13.1. The number of benzene rings is 1. The number of ketones is 1. The molecule has 18 heavy (non-hydrogen) atoms. The van der Waals surface area contributed by atoms with E-state index in [1.165, 1.54) is 0 Å². The first-order valence-electron chi connectivity index (χ1n) is 5.76. The molecule has 0 saturated carbocycles. The van der Waals surface area contributed by atoms with Crippen molar-refractivity contribution < 1.29 is 19.1 Å². The van der Waals surface area contributed by atoms with Crippen molar-refractivity contribution in [2.75, 3.05) is 13.2 Å². The SMILES string of the molecule is CCOC(=O)C1CCOc2ccc(Br)cc2C1=O. The zero-order chi connectivity index (χ0) is 13.1. The Kier molecular flexibility index (Phi) is 4.01. The summed E-state index contributed by atoms with van der Waals surface area (Å²) in [5, 5.41) is 0. The molecule has 0 saturated heterocycles. The van der Waals surface area contributed by atoms with E-state index < -0.39 is 11.9 Å². The van der Waals surface area contributed by atoms with Gasteiger partial charge in [0.25, 0.3) is 0 Å². The fourth-order valence-corrected chi connectivity index (χ4v) is 2.25. The zero-order valence-corrected chi connectivity index (χ0v) is 11.5. The molecule has 0 spiro atoms. The van der Waals surface area contributed by atoms with Crippen LogP contribution in [0.15, 0.2) is 22.7 Å². The average Bonchev–Trinajstić information content (AvgIpc) is 2.50. The number of ether oxygens (including phenoxy) is 2. The lowest BCUT2D eigenvalue weighted by atomic mass is 9.95. The second-order valence-corrected chi connectivity index (χ2v) is 4.86. The molecule has 1 aliphatic heterocycles. The minimum Gasteiger partial charge on any atom is -0.493 e. The second-order valence-electron chi connectivity index (χ2n) is 3.95. The Hall–Kier alpha value is -1.36. The van der Waals surface area contributed by atoms with Crippen molar-refractivity contribution in [2.45, 2.75) is 13.3 Å². The maximum Gasteiger partial charge on any atom is 0.316 e. The monoisotopic (exact) mass is 312 g/mol. The topological polar surface area (TPSA) is 52.6 Å². The third kappa shape index (κ3) is 2.56. The molecule has 0 bridgehead atoms. The van der Waals surface area contributed by atoms with Gasteiger partial charge in [-0.15, -0.1) is 0 Å². The summed E-state index contributed by atoms with van der Waals surface area (Å²) >= 11 is 3.31. The van der Waals surface area contributed by atoms with E-state index in [-0.39, 0.29) is 12.4 Å². The Morgan fingerprint density at radius 1 is 1.56 bits per heavy atom. The molecule has 0 aliphatic carbocycles. The molecule has 0 N–H and O–H groups in total. The van der Waals surface area contributed by atoms with E-state index in [9.17, 15) is 9.59 Å². The molecule has 0 radical (unpaired) electrons. The summed E-state index contributed by atoms with van der Waals surface area (Å²) in [6, 6.07) is 5.21. The maximum absolute atomic E-state index is 12.3. The van der Waals surface area contributed by atoms with E-state index in [1.54, 1.807) is 25.1 Å². The van der Waals surface area contributed by atoms with Crippen LogP contribution in [0.1, 0.15) is 23.7 Å². The van der Waals surface area contributed by atoms with E-state index in [4.69, 9.17) is 9.47 Å². The van der Waals surface area contributed by atoms with Gasteiger partial charge in [-0.1, -0.05) is 15.9 Å². The van der Waals surface area contributed by atoms with Gasteiger partial charge in [-0.05, 0) is 25.1 Å². The third-order valence-electron chi connectivity index (χ3n) is 2.76. The normalized spacial score (nSPS) is 18.6. The van der Waals surface area contributed by atoms with E-state index in [1.807, 2.05) is 0 Å². The summed E-state index contributed by atoms with van der Waals surface area (Å²) in [5.41, 5.74) is 0.430. The van der Waals surface area contributed by atoms with Crippen LogP contribution >= 0.6 is 15.9 Å². The largest absolute Gasteiger partial charge is 0.493 e. The Morgan fingerprint density at radius 3 is 3.06 bits per heavy atom.